The number of nitrogens with zero attached hydrogens (tertiary/aromatic N) is 3. The Balaban J connectivity index is 1.38. The lowest BCUT2D eigenvalue weighted by atomic mass is 10.2. The van der Waals surface area contributed by atoms with E-state index >= 15 is 0 Å². The van der Waals surface area contributed by atoms with Crippen molar-refractivity contribution in [2.24, 2.45) is 0 Å². The van der Waals surface area contributed by atoms with E-state index in [4.69, 9.17) is 23.2 Å². The van der Waals surface area contributed by atoms with Gasteiger partial charge in [-0.25, -0.2) is 8.42 Å². The fourth-order valence-corrected chi connectivity index (χ4v) is 5.64. The summed E-state index contributed by atoms with van der Waals surface area (Å²) in [6.45, 7) is 3.51. The second-order valence-corrected chi connectivity index (χ2v) is 10.3. The molecule has 0 radical (unpaired) electrons. The normalized spacial score (nSPS) is 18.9. The average Bonchev–Trinajstić information content (AvgIpc) is 3.17. The van der Waals surface area contributed by atoms with Crippen LogP contribution in [-0.4, -0.2) is 56.3 Å². The molecule has 0 aliphatic carbocycles. The van der Waals surface area contributed by atoms with Crippen LogP contribution in [0.2, 0.25) is 10.0 Å². The van der Waals surface area contributed by atoms with Gasteiger partial charge in [-0.15, -0.1) is 0 Å². The van der Waals surface area contributed by atoms with Gasteiger partial charge >= 0.3 is 0 Å². The second kappa shape index (κ2) is 8.85. The van der Waals surface area contributed by atoms with Crippen LogP contribution in [0.1, 0.15) is 18.4 Å². The first kappa shape index (κ1) is 21.6. The van der Waals surface area contributed by atoms with Crippen LogP contribution in [0.15, 0.2) is 47.4 Å². The monoisotopic (exact) mass is 467 g/mol. The molecule has 160 valence electrons. The predicted molar refractivity (Wildman–Crippen MR) is 119 cm³/mol. The lowest BCUT2D eigenvalue weighted by molar-refractivity contribution is -0.117. The van der Waals surface area contributed by atoms with E-state index in [1.165, 1.54) is 4.31 Å². The zero-order valence-electron chi connectivity index (χ0n) is 16.4. The molecule has 1 amide bonds. The van der Waals surface area contributed by atoms with Crippen molar-refractivity contribution in [3.05, 3.63) is 58.1 Å². The van der Waals surface area contributed by atoms with Crippen LogP contribution in [0.5, 0.6) is 0 Å². The summed E-state index contributed by atoms with van der Waals surface area (Å²) in [7, 11) is -3.56. The highest BCUT2D eigenvalue weighted by Gasteiger charge is 2.29. The molecular formula is C21H23Cl2N3O3S. The third kappa shape index (κ3) is 4.50. The van der Waals surface area contributed by atoms with Crippen LogP contribution in [0.4, 0.5) is 5.69 Å². The van der Waals surface area contributed by atoms with Gasteiger partial charge in [0, 0.05) is 51.4 Å². The van der Waals surface area contributed by atoms with Gasteiger partial charge in [0.05, 0.1) is 14.9 Å². The number of carbonyl (C=O) groups is 1. The van der Waals surface area contributed by atoms with Gasteiger partial charge in [-0.05, 0) is 48.4 Å². The van der Waals surface area contributed by atoms with Crippen LogP contribution in [0.3, 0.4) is 0 Å². The van der Waals surface area contributed by atoms with E-state index in [0.29, 0.717) is 55.7 Å². The molecule has 4 rings (SSSR count). The van der Waals surface area contributed by atoms with Crippen LogP contribution in [0.25, 0.3) is 0 Å². The summed E-state index contributed by atoms with van der Waals surface area (Å²) in [5, 5.41) is 1.05. The number of piperazine rings is 1. The van der Waals surface area contributed by atoms with Gasteiger partial charge < -0.3 is 4.90 Å². The number of benzene rings is 2. The summed E-state index contributed by atoms with van der Waals surface area (Å²) >= 11 is 12.0. The Morgan fingerprint density at radius 3 is 2.17 bits per heavy atom. The third-order valence-electron chi connectivity index (χ3n) is 5.58. The first-order valence-electron chi connectivity index (χ1n) is 9.91. The molecule has 2 aromatic rings. The maximum absolute atomic E-state index is 13.0. The zero-order chi connectivity index (χ0) is 21.3. The lowest BCUT2D eigenvalue weighted by Crippen LogP contribution is -2.48. The highest BCUT2D eigenvalue weighted by atomic mass is 35.5. The zero-order valence-corrected chi connectivity index (χ0v) is 18.8. The molecule has 2 fully saturated rings. The minimum atomic E-state index is -3.56. The lowest BCUT2D eigenvalue weighted by Gasteiger charge is -2.34. The fourth-order valence-electron chi connectivity index (χ4n) is 3.89. The SMILES string of the molecule is O=C1CCCN1c1ccc(S(=O)(=O)N2CCN(Cc3ccc(Cl)c(Cl)c3)CC2)cc1. The number of halogens is 2. The van der Waals surface area contributed by atoms with Crippen LogP contribution < -0.4 is 4.90 Å². The predicted octanol–water partition coefficient (Wildman–Crippen LogP) is 3.63. The average molecular weight is 468 g/mol. The van der Waals surface area contributed by atoms with Gasteiger partial charge in [0.25, 0.3) is 0 Å². The van der Waals surface area contributed by atoms with E-state index in [1.807, 2.05) is 12.1 Å². The van der Waals surface area contributed by atoms with Gasteiger partial charge in [-0.3, -0.25) is 9.69 Å². The van der Waals surface area contributed by atoms with Crippen molar-refractivity contribution in [1.29, 1.82) is 0 Å². The van der Waals surface area contributed by atoms with E-state index in [1.54, 1.807) is 35.2 Å². The molecule has 2 aliphatic heterocycles. The molecule has 0 spiro atoms. The summed E-state index contributed by atoms with van der Waals surface area (Å²) < 4.78 is 27.6. The van der Waals surface area contributed by atoms with E-state index in [9.17, 15) is 13.2 Å². The Bertz CT molecular complexity index is 1040. The molecule has 2 aromatic carbocycles. The number of sulfonamides is 1. The molecule has 2 saturated heterocycles. The standard InChI is InChI=1S/C21H23Cl2N3O3S/c22-19-8-3-16(14-20(19)23)15-24-10-12-25(13-11-24)30(28,29)18-6-4-17(5-7-18)26-9-1-2-21(26)27/h3-8,14H,1-2,9-13,15H2. The number of anilines is 1. The molecule has 30 heavy (non-hydrogen) atoms. The summed E-state index contributed by atoms with van der Waals surface area (Å²) in [4.78, 5) is 16.1. The highest BCUT2D eigenvalue weighted by molar-refractivity contribution is 7.89. The molecule has 0 aromatic heterocycles. The summed E-state index contributed by atoms with van der Waals surface area (Å²) in [6.07, 6.45) is 1.39. The molecule has 6 nitrogen and oxygen atoms in total. The van der Waals surface area contributed by atoms with Crippen molar-refractivity contribution >= 4 is 44.8 Å². The smallest absolute Gasteiger partial charge is 0.243 e. The highest BCUT2D eigenvalue weighted by Crippen LogP contribution is 2.26. The van der Waals surface area contributed by atoms with E-state index in [0.717, 1.165) is 17.7 Å². The quantitative estimate of drug-likeness (QED) is 0.673. The van der Waals surface area contributed by atoms with Crippen molar-refractivity contribution < 1.29 is 13.2 Å². The number of carbonyl (C=O) groups excluding carboxylic acids is 1. The van der Waals surface area contributed by atoms with Crippen LogP contribution in [0, 0.1) is 0 Å². The van der Waals surface area contributed by atoms with Gasteiger partial charge in [0.1, 0.15) is 0 Å². The topological polar surface area (TPSA) is 60.9 Å². The number of rotatable bonds is 5. The van der Waals surface area contributed by atoms with Gasteiger partial charge in [0.15, 0.2) is 0 Å². The van der Waals surface area contributed by atoms with Crippen molar-refractivity contribution in [3.63, 3.8) is 0 Å². The Kier molecular flexibility index (Phi) is 6.36. The molecule has 2 aliphatic rings. The Morgan fingerprint density at radius 1 is 0.867 bits per heavy atom. The minimum Gasteiger partial charge on any atom is -0.312 e. The largest absolute Gasteiger partial charge is 0.312 e. The maximum atomic E-state index is 13.0. The van der Waals surface area contributed by atoms with E-state index in [2.05, 4.69) is 4.90 Å². The molecule has 0 atom stereocenters. The number of hydrogen-bond donors (Lipinski definition) is 0. The molecule has 2 heterocycles. The molecule has 0 unspecified atom stereocenters. The first-order chi connectivity index (χ1) is 14.3. The molecule has 0 bridgehead atoms. The van der Waals surface area contributed by atoms with Gasteiger partial charge in [-0.1, -0.05) is 29.3 Å². The van der Waals surface area contributed by atoms with Crippen molar-refractivity contribution in [2.45, 2.75) is 24.3 Å². The molecule has 9 heteroatoms. The van der Waals surface area contributed by atoms with Crippen molar-refractivity contribution in [1.82, 2.24) is 9.21 Å². The Labute approximate surface area is 187 Å². The molecule has 0 N–H and O–H groups in total. The van der Waals surface area contributed by atoms with Crippen LogP contribution in [-0.2, 0) is 21.4 Å². The van der Waals surface area contributed by atoms with Crippen LogP contribution >= 0.6 is 23.2 Å². The summed E-state index contributed by atoms with van der Waals surface area (Å²) in [6, 6.07) is 12.2. The molecular weight excluding hydrogens is 445 g/mol. The number of hydrogen-bond acceptors (Lipinski definition) is 4. The fraction of sp³-hybridized carbons (Fsp3) is 0.381. The Morgan fingerprint density at radius 2 is 1.57 bits per heavy atom. The van der Waals surface area contributed by atoms with Crippen molar-refractivity contribution in [2.75, 3.05) is 37.6 Å². The van der Waals surface area contributed by atoms with Gasteiger partial charge in [0.2, 0.25) is 15.9 Å². The van der Waals surface area contributed by atoms with Gasteiger partial charge in [-0.2, -0.15) is 4.31 Å². The minimum absolute atomic E-state index is 0.0868. The maximum Gasteiger partial charge on any atom is 0.243 e. The van der Waals surface area contributed by atoms with E-state index < -0.39 is 10.0 Å². The number of amides is 1. The Hall–Kier alpha value is -1.64. The summed E-state index contributed by atoms with van der Waals surface area (Å²) in [5.74, 6) is 0.0868. The van der Waals surface area contributed by atoms with Crippen molar-refractivity contribution in [3.8, 4) is 0 Å². The third-order valence-corrected chi connectivity index (χ3v) is 8.23. The molecule has 0 saturated carbocycles. The summed E-state index contributed by atoms with van der Waals surface area (Å²) in [5.41, 5.74) is 1.80. The first-order valence-corrected chi connectivity index (χ1v) is 12.1. The second-order valence-electron chi connectivity index (χ2n) is 7.57. The van der Waals surface area contributed by atoms with E-state index in [-0.39, 0.29) is 10.8 Å².